The predicted molar refractivity (Wildman–Crippen MR) is 143 cm³/mol. The first-order chi connectivity index (χ1) is 16.2. The highest BCUT2D eigenvalue weighted by molar-refractivity contribution is 6.74. The average molecular weight is 502 g/mol. The highest BCUT2D eigenvalue weighted by atomic mass is 28.4. The summed E-state index contributed by atoms with van der Waals surface area (Å²) >= 11 is 0. The van der Waals surface area contributed by atoms with Crippen LogP contribution in [-0.4, -0.2) is 42.2 Å². The van der Waals surface area contributed by atoms with Crippen LogP contribution in [0.1, 0.15) is 63.0 Å². The second-order valence-corrected chi connectivity index (χ2v) is 15.9. The maximum absolute atomic E-state index is 11.2. The number of aromatic hydroxyl groups is 1. The van der Waals surface area contributed by atoms with Crippen LogP contribution < -0.4 is 5.32 Å². The quantitative estimate of drug-likeness (QED) is 0.289. The van der Waals surface area contributed by atoms with E-state index >= 15 is 0 Å². The first-order valence-corrected chi connectivity index (χ1v) is 15.3. The molecule has 0 bridgehead atoms. The fraction of sp³-hybridized carbons (Fsp3) is 0.536. The van der Waals surface area contributed by atoms with Crippen LogP contribution in [0.5, 0.6) is 5.75 Å². The third kappa shape index (κ3) is 8.46. The lowest BCUT2D eigenvalue weighted by Crippen LogP contribution is -2.44. The maximum atomic E-state index is 11.2. The molecule has 0 amide bonds. The lowest BCUT2D eigenvalue weighted by molar-refractivity contribution is -0.141. The number of aliphatic hydroxyl groups excluding tert-OH is 1. The Kier molecular flexibility index (Phi) is 10.1. The molecule has 0 aliphatic heterocycles. The zero-order valence-corrected chi connectivity index (χ0v) is 23.3. The smallest absolute Gasteiger partial charge is 0.306 e. The van der Waals surface area contributed by atoms with Gasteiger partial charge in [0, 0.05) is 18.2 Å². The van der Waals surface area contributed by atoms with E-state index in [0.717, 1.165) is 23.1 Å². The molecule has 0 heterocycles. The van der Waals surface area contributed by atoms with Gasteiger partial charge < -0.3 is 25.1 Å². The van der Waals surface area contributed by atoms with E-state index in [9.17, 15) is 20.1 Å². The van der Waals surface area contributed by atoms with Crippen molar-refractivity contribution in [2.24, 2.45) is 5.92 Å². The third-order valence-electron chi connectivity index (χ3n) is 7.04. The summed E-state index contributed by atoms with van der Waals surface area (Å²) in [5, 5.41) is 32.5. The molecular formula is C28H43NO5Si. The lowest BCUT2D eigenvalue weighted by Gasteiger charge is -2.40. The number of aliphatic carboxylic acids is 1. The van der Waals surface area contributed by atoms with Crippen molar-refractivity contribution in [3.63, 3.8) is 0 Å². The minimum absolute atomic E-state index is 0.0428. The van der Waals surface area contributed by atoms with Crippen molar-refractivity contribution >= 4 is 14.3 Å². The van der Waals surface area contributed by atoms with Crippen LogP contribution in [0.15, 0.2) is 42.5 Å². The number of phenols is 1. The summed E-state index contributed by atoms with van der Waals surface area (Å²) in [6.45, 7) is 15.3. The Morgan fingerprint density at radius 3 is 2.26 bits per heavy atom. The molecule has 0 saturated carbocycles. The summed E-state index contributed by atoms with van der Waals surface area (Å²) in [6.07, 6.45) is 1.10. The Hall–Kier alpha value is -2.19. The van der Waals surface area contributed by atoms with E-state index in [4.69, 9.17) is 4.43 Å². The normalized spacial score (nSPS) is 15.0. The first-order valence-electron chi connectivity index (χ1n) is 12.4. The highest BCUT2D eigenvalue weighted by Crippen LogP contribution is 2.40. The monoisotopic (exact) mass is 501 g/mol. The molecule has 1 unspecified atom stereocenters. The van der Waals surface area contributed by atoms with E-state index in [1.54, 1.807) is 13.0 Å². The van der Waals surface area contributed by atoms with Crippen LogP contribution in [0.4, 0.5) is 0 Å². The number of hydrogen-bond donors (Lipinski definition) is 4. The van der Waals surface area contributed by atoms with Gasteiger partial charge in [-0.2, -0.15) is 0 Å². The number of aliphatic hydroxyl groups is 1. The van der Waals surface area contributed by atoms with Crippen LogP contribution in [0.25, 0.3) is 0 Å². The van der Waals surface area contributed by atoms with Crippen LogP contribution in [0, 0.1) is 5.92 Å². The molecule has 0 radical (unpaired) electrons. The van der Waals surface area contributed by atoms with Crippen molar-refractivity contribution in [3.8, 4) is 5.75 Å². The van der Waals surface area contributed by atoms with Crippen LogP contribution in [0.3, 0.4) is 0 Å². The van der Waals surface area contributed by atoms with Crippen LogP contribution >= 0.6 is 0 Å². The number of rotatable bonds is 12. The van der Waals surface area contributed by atoms with Gasteiger partial charge in [-0.05, 0) is 66.7 Å². The summed E-state index contributed by atoms with van der Waals surface area (Å²) in [4.78, 5) is 11.2. The highest BCUT2D eigenvalue weighted by Gasteiger charge is 2.39. The van der Waals surface area contributed by atoms with E-state index < -0.39 is 20.2 Å². The van der Waals surface area contributed by atoms with E-state index in [0.29, 0.717) is 18.5 Å². The first kappa shape index (κ1) is 29.0. The molecule has 0 spiro atoms. The van der Waals surface area contributed by atoms with Gasteiger partial charge in [-0.25, -0.2) is 0 Å². The van der Waals surface area contributed by atoms with Crippen molar-refractivity contribution in [3.05, 3.63) is 64.7 Å². The van der Waals surface area contributed by atoms with Gasteiger partial charge >= 0.3 is 5.97 Å². The number of benzene rings is 2. The molecule has 2 aromatic rings. The summed E-state index contributed by atoms with van der Waals surface area (Å²) in [5.74, 6) is -1.11. The summed E-state index contributed by atoms with van der Waals surface area (Å²) in [7, 11) is -2.08. The van der Waals surface area contributed by atoms with Gasteiger partial charge in [0.05, 0.1) is 18.6 Å². The third-order valence-corrected chi connectivity index (χ3v) is 11.5. The second-order valence-electron chi connectivity index (χ2n) is 11.2. The minimum atomic E-state index is -2.08. The number of carboxylic acid groups (broad SMARTS) is 1. The SMILES string of the molecule is CC(Cc1cccc(C[C@@H](C)NC[C@H](O[Si](C)(C)C(C)(C)C)c2ccc(O)c(CO)c2)c1)C(=O)O. The van der Waals surface area contributed by atoms with E-state index in [1.807, 2.05) is 24.3 Å². The van der Waals surface area contributed by atoms with Gasteiger partial charge in [0.1, 0.15) is 5.75 Å². The van der Waals surface area contributed by atoms with E-state index in [2.05, 4.69) is 58.2 Å². The van der Waals surface area contributed by atoms with Gasteiger partial charge in [0.2, 0.25) is 0 Å². The molecule has 4 N–H and O–H groups in total. The van der Waals surface area contributed by atoms with Crippen molar-refractivity contribution in [2.45, 2.75) is 84.3 Å². The summed E-state index contributed by atoms with van der Waals surface area (Å²) in [5.41, 5.74) is 3.62. The fourth-order valence-corrected chi connectivity index (χ4v) is 5.04. The molecule has 2 aromatic carbocycles. The zero-order valence-electron chi connectivity index (χ0n) is 22.3. The van der Waals surface area contributed by atoms with Gasteiger partial charge in [-0.15, -0.1) is 0 Å². The maximum Gasteiger partial charge on any atom is 0.306 e. The van der Waals surface area contributed by atoms with Crippen molar-refractivity contribution in [2.75, 3.05) is 6.54 Å². The van der Waals surface area contributed by atoms with Gasteiger partial charge in [-0.1, -0.05) is 58.0 Å². The van der Waals surface area contributed by atoms with E-state index in [1.165, 1.54) is 0 Å². The Balaban J connectivity index is 2.15. The zero-order chi connectivity index (χ0) is 26.4. The standard InChI is InChI=1S/C28H43NO5Si/c1-19(27(32)33)13-21-9-8-10-22(15-21)14-20(2)29-17-26(34-35(6,7)28(3,4)5)23-11-12-25(31)24(16-23)18-30/h8-12,15-16,19-20,26,29-31H,13-14,17-18H2,1-7H3,(H,32,33)/t19?,20-,26+/m1/s1. The number of nitrogens with one attached hydrogen (secondary N) is 1. The predicted octanol–water partition coefficient (Wildman–Crippen LogP) is 5.43. The van der Waals surface area contributed by atoms with Crippen LogP contribution in [0.2, 0.25) is 18.1 Å². The largest absolute Gasteiger partial charge is 0.508 e. The molecule has 3 atom stereocenters. The Labute approximate surface area is 211 Å². The molecule has 0 aliphatic carbocycles. The van der Waals surface area contributed by atoms with Crippen LogP contribution in [-0.2, 0) is 28.7 Å². The molecule has 2 rings (SSSR count). The fourth-order valence-electron chi connectivity index (χ4n) is 3.75. The number of hydrogen-bond acceptors (Lipinski definition) is 5. The molecule has 0 aromatic heterocycles. The molecule has 6 nitrogen and oxygen atoms in total. The Morgan fingerprint density at radius 2 is 1.69 bits per heavy atom. The average Bonchev–Trinajstić information content (AvgIpc) is 2.76. The van der Waals surface area contributed by atoms with Crippen molar-refractivity contribution in [1.82, 2.24) is 5.32 Å². The van der Waals surface area contributed by atoms with Gasteiger partial charge in [-0.3, -0.25) is 4.79 Å². The van der Waals surface area contributed by atoms with E-state index in [-0.39, 0.29) is 29.5 Å². The van der Waals surface area contributed by atoms with Crippen molar-refractivity contribution in [1.29, 1.82) is 0 Å². The van der Waals surface area contributed by atoms with Gasteiger partial charge in [0.15, 0.2) is 8.32 Å². The Bertz CT molecular complexity index is 986. The van der Waals surface area contributed by atoms with Crippen molar-refractivity contribution < 1.29 is 24.5 Å². The number of carboxylic acids is 1. The topological polar surface area (TPSA) is 99.0 Å². The Morgan fingerprint density at radius 1 is 1.06 bits per heavy atom. The molecular weight excluding hydrogens is 458 g/mol. The lowest BCUT2D eigenvalue weighted by atomic mass is 9.97. The minimum Gasteiger partial charge on any atom is -0.508 e. The number of carbonyl (C=O) groups is 1. The molecule has 0 fully saturated rings. The molecule has 194 valence electrons. The van der Waals surface area contributed by atoms with Gasteiger partial charge in [0.25, 0.3) is 0 Å². The molecule has 0 saturated heterocycles. The second kappa shape index (κ2) is 12.2. The summed E-state index contributed by atoms with van der Waals surface area (Å²) in [6, 6.07) is 13.6. The molecule has 35 heavy (non-hydrogen) atoms. The molecule has 0 aliphatic rings. The molecule has 7 heteroatoms. The summed E-state index contributed by atoms with van der Waals surface area (Å²) < 4.78 is 6.77.